The minimum absolute atomic E-state index is 0.0705. The van der Waals surface area contributed by atoms with Crippen LogP contribution in [0.1, 0.15) is 43.0 Å². The maximum Gasteiger partial charge on any atom is 0.405 e. The number of fused-ring (bicyclic) bond motifs is 1. The smallest absolute Gasteiger partial charge is 0.345 e. The van der Waals surface area contributed by atoms with E-state index < -0.39 is 65.8 Å². The lowest BCUT2D eigenvalue weighted by molar-refractivity contribution is -0.159. The number of nitrogens with one attached hydrogen (secondary N) is 2. The van der Waals surface area contributed by atoms with Gasteiger partial charge in [0.25, 0.3) is 0 Å². The van der Waals surface area contributed by atoms with Crippen LogP contribution in [-0.4, -0.2) is 47.4 Å². The Morgan fingerprint density at radius 2 is 1.71 bits per heavy atom. The molecule has 1 saturated heterocycles. The van der Waals surface area contributed by atoms with Crippen LogP contribution in [0.3, 0.4) is 0 Å². The van der Waals surface area contributed by atoms with Crippen LogP contribution in [0.2, 0.25) is 0 Å². The molecule has 1 aliphatic carbocycles. The molecule has 2 N–H and O–H groups in total. The van der Waals surface area contributed by atoms with Crippen molar-refractivity contribution in [3.8, 4) is 0 Å². The van der Waals surface area contributed by atoms with E-state index in [-0.39, 0.29) is 18.3 Å². The third-order valence-electron chi connectivity index (χ3n) is 6.95. The van der Waals surface area contributed by atoms with Crippen LogP contribution in [0.4, 0.5) is 22.0 Å². The zero-order valence-corrected chi connectivity index (χ0v) is 20.8. The first-order valence-corrected chi connectivity index (χ1v) is 12.3. The Morgan fingerprint density at radius 1 is 1.08 bits per heavy atom. The van der Waals surface area contributed by atoms with Crippen molar-refractivity contribution < 1.29 is 36.3 Å². The topological polar surface area (TPSA) is 78.5 Å². The van der Waals surface area contributed by atoms with Crippen LogP contribution in [-0.2, 0) is 27.2 Å². The monoisotopic (exact) mass is 537 g/mol. The van der Waals surface area contributed by atoms with Crippen LogP contribution >= 0.6 is 0 Å². The largest absolute Gasteiger partial charge is 0.405 e. The van der Waals surface area contributed by atoms with E-state index in [4.69, 9.17) is 0 Å². The zero-order chi connectivity index (χ0) is 27.8. The number of carbonyl (C=O) groups is 3. The molecule has 38 heavy (non-hydrogen) atoms. The molecule has 1 fully saturated rings. The molecule has 1 heterocycles. The second-order valence-corrected chi connectivity index (χ2v) is 10.2. The van der Waals surface area contributed by atoms with Crippen molar-refractivity contribution in [1.29, 1.82) is 0 Å². The molecule has 6 nitrogen and oxygen atoms in total. The van der Waals surface area contributed by atoms with Crippen molar-refractivity contribution in [3.63, 3.8) is 0 Å². The van der Waals surface area contributed by atoms with Gasteiger partial charge in [-0.1, -0.05) is 44.2 Å². The molecule has 0 spiro atoms. The number of carbonyl (C=O) groups excluding carboxylic acids is 3. The van der Waals surface area contributed by atoms with Crippen molar-refractivity contribution in [2.75, 3.05) is 6.54 Å². The van der Waals surface area contributed by atoms with E-state index in [1.54, 1.807) is 19.2 Å². The Labute approximate surface area is 216 Å². The lowest BCUT2D eigenvalue weighted by Gasteiger charge is -2.44. The highest BCUT2D eigenvalue weighted by molar-refractivity contribution is 6.00. The fraction of sp³-hybridized carbons (Fsp3) is 0.444. The number of alkyl halides is 3. The van der Waals surface area contributed by atoms with Crippen LogP contribution in [0.15, 0.2) is 42.5 Å². The molecule has 204 valence electrons. The number of amides is 3. The number of nitrogens with zero attached hydrogens (tertiary/aromatic N) is 1. The molecule has 0 bridgehead atoms. The van der Waals surface area contributed by atoms with Crippen molar-refractivity contribution in [2.45, 2.75) is 57.4 Å². The Morgan fingerprint density at radius 3 is 2.26 bits per heavy atom. The first-order valence-electron chi connectivity index (χ1n) is 12.3. The number of hydrogen-bond acceptors (Lipinski definition) is 3. The number of benzene rings is 2. The van der Waals surface area contributed by atoms with E-state index in [9.17, 15) is 31.9 Å². The van der Waals surface area contributed by atoms with Crippen molar-refractivity contribution in [2.24, 2.45) is 11.8 Å². The third kappa shape index (κ3) is 5.81. The van der Waals surface area contributed by atoms with E-state index in [1.165, 1.54) is 0 Å². The Bertz CT molecular complexity index is 1210. The average Bonchev–Trinajstić information content (AvgIpc) is 3.26. The molecular formula is C27H28F5N3O3. The van der Waals surface area contributed by atoms with Gasteiger partial charge in [-0.05, 0) is 48.3 Å². The van der Waals surface area contributed by atoms with Gasteiger partial charge in [0.15, 0.2) is 0 Å². The van der Waals surface area contributed by atoms with Gasteiger partial charge in [0.05, 0.1) is 0 Å². The molecular weight excluding hydrogens is 509 g/mol. The second-order valence-electron chi connectivity index (χ2n) is 10.2. The predicted molar refractivity (Wildman–Crippen MR) is 128 cm³/mol. The summed E-state index contributed by atoms with van der Waals surface area (Å²) in [5.74, 6) is -5.33. The highest BCUT2D eigenvalue weighted by atomic mass is 19.4. The van der Waals surface area contributed by atoms with Crippen LogP contribution in [0.5, 0.6) is 0 Å². The molecule has 4 rings (SSSR count). The minimum Gasteiger partial charge on any atom is -0.345 e. The molecule has 0 saturated carbocycles. The first kappa shape index (κ1) is 27.5. The molecule has 2 aliphatic rings. The summed E-state index contributed by atoms with van der Waals surface area (Å²) in [4.78, 5) is 41.5. The lowest BCUT2D eigenvalue weighted by atomic mass is 9.88. The second kappa shape index (κ2) is 10.7. The molecule has 3 amide bonds. The highest BCUT2D eigenvalue weighted by Gasteiger charge is 2.50. The van der Waals surface area contributed by atoms with Crippen molar-refractivity contribution in [3.05, 3.63) is 70.8 Å². The molecule has 3 atom stereocenters. The molecule has 1 aliphatic heterocycles. The van der Waals surface area contributed by atoms with E-state index in [1.807, 2.05) is 24.3 Å². The van der Waals surface area contributed by atoms with Crippen LogP contribution in [0, 0.1) is 23.5 Å². The van der Waals surface area contributed by atoms with Gasteiger partial charge in [0, 0.05) is 11.6 Å². The Balaban J connectivity index is 1.77. The van der Waals surface area contributed by atoms with Gasteiger partial charge in [-0.2, -0.15) is 13.2 Å². The summed E-state index contributed by atoms with van der Waals surface area (Å²) in [6.07, 6.45) is -3.78. The fourth-order valence-corrected chi connectivity index (χ4v) is 5.30. The minimum atomic E-state index is -4.78. The standard InChI is InChI=1S/C27H28F5N3O3/c1-14(2)9-21-24(36)34-22(17-10-15-5-3-4-6-16(15)11-17)26(38)35(21)23(25(37)33-13-27(30,31)32)19-8-7-18(28)12-20(19)29/h3-8,12,14,17,21-23H,9-11,13H2,1-2H3,(H,33,37)(H,34,36)/t21-,22?,23-/m1/s1. The molecule has 2 aromatic rings. The fourth-order valence-electron chi connectivity index (χ4n) is 5.30. The number of piperazine rings is 1. The number of rotatable bonds is 7. The van der Waals surface area contributed by atoms with E-state index in [0.29, 0.717) is 18.9 Å². The summed E-state index contributed by atoms with van der Waals surface area (Å²) in [6.45, 7) is 1.81. The average molecular weight is 538 g/mol. The van der Waals surface area contributed by atoms with Gasteiger partial charge in [-0.25, -0.2) is 8.78 Å². The first-order chi connectivity index (χ1) is 17.9. The van der Waals surface area contributed by atoms with E-state index in [0.717, 1.165) is 28.2 Å². The van der Waals surface area contributed by atoms with Crippen molar-refractivity contribution >= 4 is 17.7 Å². The summed E-state index contributed by atoms with van der Waals surface area (Å²) in [6, 6.07) is 5.50. The van der Waals surface area contributed by atoms with E-state index in [2.05, 4.69) is 5.32 Å². The van der Waals surface area contributed by atoms with Crippen LogP contribution < -0.4 is 10.6 Å². The summed E-state index contributed by atoms with van der Waals surface area (Å²) in [5.41, 5.74) is 1.50. The van der Waals surface area contributed by atoms with Gasteiger partial charge >= 0.3 is 6.18 Å². The number of hydrogen-bond donors (Lipinski definition) is 2. The molecule has 11 heteroatoms. The quantitative estimate of drug-likeness (QED) is 0.527. The maximum absolute atomic E-state index is 15.0. The zero-order valence-electron chi connectivity index (χ0n) is 20.8. The summed E-state index contributed by atoms with van der Waals surface area (Å²) in [7, 11) is 0. The number of halogens is 5. The lowest BCUT2D eigenvalue weighted by Crippen LogP contribution is -2.67. The normalized spacial score (nSPS) is 20.9. The van der Waals surface area contributed by atoms with Gasteiger partial charge in [0.1, 0.15) is 36.3 Å². The summed E-state index contributed by atoms with van der Waals surface area (Å²) in [5, 5.41) is 4.48. The van der Waals surface area contributed by atoms with Gasteiger partial charge in [-0.3, -0.25) is 14.4 Å². The molecule has 0 radical (unpaired) electrons. The van der Waals surface area contributed by atoms with Gasteiger partial charge in [-0.15, -0.1) is 0 Å². The highest BCUT2D eigenvalue weighted by Crippen LogP contribution is 2.36. The van der Waals surface area contributed by atoms with Crippen molar-refractivity contribution in [1.82, 2.24) is 15.5 Å². The van der Waals surface area contributed by atoms with E-state index >= 15 is 4.39 Å². The van der Waals surface area contributed by atoms with Gasteiger partial charge in [0.2, 0.25) is 17.7 Å². The molecule has 0 aromatic heterocycles. The SMILES string of the molecule is CC(C)C[C@@H]1C(=O)NC(C2Cc3ccccc3C2)C(=O)N1[C@@H](C(=O)NCC(F)(F)F)c1ccc(F)cc1F. The predicted octanol–water partition coefficient (Wildman–Crippen LogP) is 3.84. The maximum atomic E-state index is 15.0. The Hall–Kier alpha value is -3.50. The third-order valence-corrected chi connectivity index (χ3v) is 6.95. The Kier molecular flexibility index (Phi) is 7.75. The van der Waals surface area contributed by atoms with Crippen LogP contribution in [0.25, 0.3) is 0 Å². The molecule has 2 aromatic carbocycles. The summed E-state index contributed by atoms with van der Waals surface area (Å²) >= 11 is 0. The van der Waals surface area contributed by atoms with Gasteiger partial charge < -0.3 is 15.5 Å². The summed E-state index contributed by atoms with van der Waals surface area (Å²) < 4.78 is 67.6. The molecule has 1 unspecified atom stereocenters.